The van der Waals surface area contributed by atoms with Crippen LogP contribution in [0.2, 0.25) is 0 Å². The minimum absolute atomic E-state index is 0.518. The molecular weight excluding hydrogens is 480 g/mol. The zero-order valence-corrected chi connectivity index (χ0v) is 26.6. The molecule has 0 atom stereocenters. The molecule has 0 unspecified atom stereocenters. The van der Waals surface area contributed by atoms with Crippen LogP contribution in [0.1, 0.15) is 151 Å². The van der Waals surface area contributed by atoms with E-state index in [-0.39, 0.29) is 0 Å². The van der Waals surface area contributed by atoms with Crippen LogP contribution < -0.4 is 4.74 Å². The quantitative estimate of drug-likeness (QED) is 0.198. The van der Waals surface area contributed by atoms with Crippen molar-refractivity contribution in [2.24, 2.45) is 0 Å². The van der Waals surface area contributed by atoms with E-state index in [1.807, 2.05) is 0 Å². The van der Waals surface area contributed by atoms with Crippen molar-refractivity contribution in [3.05, 3.63) is 44.5 Å². The molecule has 0 heterocycles. The first-order valence-electron chi connectivity index (χ1n) is 16.3. The molecule has 0 spiro atoms. The summed E-state index contributed by atoms with van der Waals surface area (Å²) in [5.41, 5.74) is 9.17. The summed E-state index contributed by atoms with van der Waals surface area (Å²) in [6.07, 6.45) is 15.0. The smallest absolute Gasteiger partial charge is 0.134 e. The molecule has 2 aromatic carbocycles. The lowest BCUT2D eigenvalue weighted by molar-refractivity contribution is 0.425. The topological polar surface area (TPSA) is 49.7 Å². The molecule has 220 valence electrons. The van der Waals surface area contributed by atoms with E-state index in [2.05, 4.69) is 55.4 Å². The van der Waals surface area contributed by atoms with E-state index in [0.717, 1.165) is 136 Å². The van der Waals surface area contributed by atoms with Gasteiger partial charge in [-0.25, -0.2) is 0 Å². The molecule has 0 aliphatic heterocycles. The Balaban J connectivity index is 3.09. The Morgan fingerprint density at radius 3 is 0.692 bits per heavy atom. The van der Waals surface area contributed by atoms with Gasteiger partial charge >= 0.3 is 0 Å². The summed E-state index contributed by atoms with van der Waals surface area (Å²) in [6.45, 7) is 17.7. The number of hydrogen-bond donors (Lipinski definition) is 2. The maximum Gasteiger partial charge on any atom is 0.134 e. The van der Waals surface area contributed by atoms with Gasteiger partial charge in [-0.2, -0.15) is 0 Å². The van der Waals surface area contributed by atoms with Crippen molar-refractivity contribution in [1.82, 2.24) is 0 Å². The zero-order valence-electron chi connectivity index (χ0n) is 26.6. The number of ether oxygens (including phenoxy) is 1. The lowest BCUT2D eigenvalue weighted by Gasteiger charge is -2.28. The summed E-state index contributed by atoms with van der Waals surface area (Å²) in [7, 11) is 0. The van der Waals surface area contributed by atoms with E-state index in [0.29, 0.717) is 11.5 Å². The number of phenolic OH excluding ortho intramolecular Hbond substituents is 2. The molecule has 0 aromatic heterocycles. The van der Waals surface area contributed by atoms with Gasteiger partial charge in [-0.05, 0) is 51.4 Å². The lowest BCUT2D eigenvalue weighted by Crippen LogP contribution is -2.12. The molecule has 3 heteroatoms. The fourth-order valence-electron chi connectivity index (χ4n) is 6.33. The third-order valence-electron chi connectivity index (χ3n) is 7.90. The Kier molecular flexibility index (Phi) is 14.3. The minimum Gasteiger partial charge on any atom is -0.507 e. The molecule has 0 radical (unpaired) electrons. The summed E-state index contributed by atoms with van der Waals surface area (Å²) in [6, 6.07) is 0. The van der Waals surface area contributed by atoms with E-state index in [1.165, 1.54) is 22.3 Å². The van der Waals surface area contributed by atoms with Crippen LogP contribution in [-0.2, 0) is 51.4 Å². The lowest BCUT2D eigenvalue weighted by atomic mass is 9.86. The molecule has 0 saturated heterocycles. The highest BCUT2D eigenvalue weighted by molar-refractivity contribution is 5.64. The standard InChI is InChI=1S/C36H58O3/c1-9-17-25-29(21-13-5)35(30(22-14-6)26(18-10-2)33(25)37)39-36-31(23-15-7)27(19-11-3)34(38)28(20-12-4)32(36)24-16-8/h37-38H,9-24H2,1-8H3. The van der Waals surface area contributed by atoms with Crippen molar-refractivity contribution in [3.63, 3.8) is 0 Å². The van der Waals surface area contributed by atoms with Crippen LogP contribution in [0.25, 0.3) is 0 Å². The predicted molar refractivity (Wildman–Crippen MR) is 168 cm³/mol. The fraction of sp³-hybridized carbons (Fsp3) is 0.667. The average molecular weight is 539 g/mol. The average Bonchev–Trinajstić information content (AvgIpc) is 2.92. The van der Waals surface area contributed by atoms with Crippen molar-refractivity contribution in [1.29, 1.82) is 0 Å². The summed E-state index contributed by atoms with van der Waals surface area (Å²) in [5.74, 6) is 3.05. The van der Waals surface area contributed by atoms with Crippen molar-refractivity contribution in [2.45, 2.75) is 158 Å². The number of aromatic hydroxyl groups is 2. The maximum atomic E-state index is 11.6. The molecular formula is C36H58O3. The molecule has 0 amide bonds. The monoisotopic (exact) mass is 538 g/mol. The third-order valence-corrected chi connectivity index (χ3v) is 7.90. The Morgan fingerprint density at radius 1 is 0.333 bits per heavy atom. The molecule has 0 bridgehead atoms. The molecule has 3 nitrogen and oxygen atoms in total. The Bertz CT molecular complexity index is 893. The van der Waals surface area contributed by atoms with E-state index in [9.17, 15) is 10.2 Å². The van der Waals surface area contributed by atoms with Crippen molar-refractivity contribution < 1.29 is 14.9 Å². The Labute approximate surface area is 240 Å². The van der Waals surface area contributed by atoms with Gasteiger partial charge in [-0.15, -0.1) is 0 Å². The Hall–Kier alpha value is -2.16. The first-order valence-corrected chi connectivity index (χ1v) is 16.3. The highest BCUT2D eigenvalue weighted by Crippen LogP contribution is 2.47. The molecule has 0 saturated carbocycles. The second-order valence-corrected chi connectivity index (χ2v) is 11.3. The van der Waals surface area contributed by atoms with E-state index in [1.54, 1.807) is 0 Å². The first kappa shape index (κ1) is 33.0. The summed E-state index contributed by atoms with van der Waals surface area (Å²) in [4.78, 5) is 0. The number of phenols is 2. The van der Waals surface area contributed by atoms with Crippen LogP contribution >= 0.6 is 0 Å². The minimum atomic E-state index is 0.518. The molecule has 0 fully saturated rings. The van der Waals surface area contributed by atoms with Gasteiger partial charge in [-0.1, -0.05) is 107 Å². The number of rotatable bonds is 18. The Morgan fingerprint density at radius 2 is 0.513 bits per heavy atom. The first-order chi connectivity index (χ1) is 18.9. The van der Waals surface area contributed by atoms with E-state index >= 15 is 0 Å². The fourth-order valence-corrected chi connectivity index (χ4v) is 6.33. The normalized spacial score (nSPS) is 11.4. The summed E-state index contributed by atoms with van der Waals surface area (Å²) >= 11 is 0. The van der Waals surface area contributed by atoms with Crippen LogP contribution in [0.5, 0.6) is 23.0 Å². The molecule has 2 rings (SSSR count). The van der Waals surface area contributed by atoms with Gasteiger partial charge in [0.15, 0.2) is 0 Å². The number of benzene rings is 2. The van der Waals surface area contributed by atoms with Crippen molar-refractivity contribution >= 4 is 0 Å². The number of hydrogen-bond acceptors (Lipinski definition) is 3. The van der Waals surface area contributed by atoms with Crippen LogP contribution in [0.15, 0.2) is 0 Å². The SMILES string of the molecule is CCCc1c(O)c(CCC)c(CCC)c(Oc2c(CCC)c(CCC)c(O)c(CCC)c2CCC)c1CCC. The second kappa shape index (κ2) is 16.8. The van der Waals surface area contributed by atoms with Crippen LogP contribution in [0, 0.1) is 0 Å². The third kappa shape index (κ3) is 7.53. The summed E-state index contributed by atoms with van der Waals surface area (Å²) < 4.78 is 7.35. The van der Waals surface area contributed by atoms with Crippen LogP contribution in [-0.4, -0.2) is 10.2 Å². The molecule has 0 aliphatic rings. The van der Waals surface area contributed by atoms with Gasteiger partial charge in [0.2, 0.25) is 0 Å². The van der Waals surface area contributed by atoms with Crippen molar-refractivity contribution in [2.75, 3.05) is 0 Å². The highest BCUT2D eigenvalue weighted by atomic mass is 16.5. The van der Waals surface area contributed by atoms with Gasteiger partial charge < -0.3 is 14.9 Å². The molecule has 2 N–H and O–H groups in total. The predicted octanol–water partition coefficient (Wildman–Crippen LogP) is 10.5. The van der Waals surface area contributed by atoms with Crippen LogP contribution in [0.4, 0.5) is 0 Å². The molecule has 0 aliphatic carbocycles. The highest BCUT2D eigenvalue weighted by Gasteiger charge is 2.28. The van der Waals surface area contributed by atoms with Gasteiger partial charge in [0.05, 0.1) is 0 Å². The van der Waals surface area contributed by atoms with Crippen molar-refractivity contribution in [3.8, 4) is 23.0 Å². The largest absolute Gasteiger partial charge is 0.507 e. The van der Waals surface area contributed by atoms with Gasteiger partial charge in [0, 0.05) is 44.5 Å². The molecule has 2 aromatic rings. The van der Waals surface area contributed by atoms with Gasteiger partial charge in [0.1, 0.15) is 23.0 Å². The summed E-state index contributed by atoms with van der Waals surface area (Å²) in [5, 5.41) is 23.2. The van der Waals surface area contributed by atoms with Gasteiger partial charge in [-0.3, -0.25) is 0 Å². The maximum absolute atomic E-state index is 11.6. The van der Waals surface area contributed by atoms with Crippen LogP contribution in [0.3, 0.4) is 0 Å². The van der Waals surface area contributed by atoms with Gasteiger partial charge in [0.25, 0.3) is 0 Å². The second-order valence-electron chi connectivity index (χ2n) is 11.3. The zero-order chi connectivity index (χ0) is 28.9. The van der Waals surface area contributed by atoms with E-state index in [4.69, 9.17) is 4.74 Å². The molecule has 39 heavy (non-hydrogen) atoms. The van der Waals surface area contributed by atoms with E-state index < -0.39 is 0 Å².